The highest BCUT2D eigenvalue weighted by molar-refractivity contribution is 5.70. The molecule has 0 radical (unpaired) electrons. The van der Waals surface area contributed by atoms with Gasteiger partial charge in [0.2, 0.25) is 5.75 Å². The first-order valence-electron chi connectivity index (χ1n) is 7.97. The van der Waals surface area contributed by atoms with Gasteiger partial charge in [0.15, 0.2) is 11.5 Å². The van der Waals surface area contributed by atoms with Gasteiger partial charge in [-0.2, -0.15) is 0 Å². The average molecular weight is 343 g/mol. The maximum Gasteiger partial charge on any atom is 0.338 e. The Balaban J connectivity index is 2.19. The van der Waals surface area contributed by atoms with Crippen molar-refractivity contribution in [3.05, 3.63) is 39.3 Å². The van der Waals surface area contributed by atoms with E-state index in [2.05, 4.69) is 6.08 Å². The van der Waals surface area contributed by atoms with Crippen molar-refractivity contribution in [3.63, 3.8) is 0 Å². The van der Waals surface area contributed by atoms with Crippen molar-refractivity contribution in [2.75, 3.05) is 33.3 Å². The van der Waals surface area contributed by atoms with Crippen LogP contribution in [0, 0.1) is 0 Å². The third-order valence-electron chi connectivity index (χ3n) is 4.25. The Labute approximate surface area is 145 Å². The third kappa shape index (κ3) is 3.07. The number of hydrogen-bond acceptors (Lipinski definition) is 6. The number of ether oxygens (including phenoxy) is 3. The van der Waals surface area contributed by atoms with E-state index in [4.69, 9.17) is 18.6 Å². The zero-order valence-corrected chi connectivity index (χ0v) is 14.8. The topological polar surface area (TPSA) is 61.1 Å². The van der Waals surface area contributed by atoms with Crippen LogP contribution in [0.25, 0.3) is 12.2 Å². The molecule has 132 valence electrons. The van der Waals surface area contributed by atoms with E-state index in [1.807, 2.05) is 30.2 Å². The number of hydrogen-bond donors (Lipinski definition) is 0. The molecule has 0 N–H and O–H groups in total. The molecule has 25 heavy (non-hydrogen) atoms. The van der Waals surface area contributed by atoms with Gasteiger partial charge in [0.25, 0.3) is 0 Å². The molecule has 1 heterocycles. The van der Waals surface area contributed by atoms with E-state index < -0.39 is 0 Å². The lowest BCUT2D eigenvalue weighted by molar-refractivity contribution is 0.324. The fourth-order valence-corrected chi connectivity index (χ4v) is 2.98. The second kappa shape index (κ2) is 6.93. The van der Waals surface area contributed by atoms with Gasteiger partial charge in [0.1, 0.15) is 5.42 Å². The first-order valence-corrected chi connectivity index (χ1v) is 7.97. The van der Waals surface area contributed by atoms with Gasteiger partial charge in [-0.25, -0.2) is 4.79 Å². The first kappa shape index (κ1) is 17.0. The number of fused-ring (bicyclic) bond motifs is 1. The number of benzene rings is 1. The molecular formula is C19H21NO5. The summed E-state index contributed by atoms with van der Waals surface area (Å²) in [5, 5.41) is 0.919. The lowest BCUT2D eigenvalue weighted by Crippen LogP contribution is -2.35. The van der Waals surface area contributed by atoms with Crippen molar-refractivity contribution < 1.29 is 18.6 Å². The molecule has 0 bridgehead atoms. The fourth-order valence-electron chi connectivity index (χ4n) is 2.98. The molecule has 6 nitrogen and oxygen atoms in total. The molecule has 2 aromatic rings. The predicted octanol–water partition coefficient (Wildman–Crippen LogP) is 1.79. The van der Waals surface area contributed by atoms with Crippen LogP contribution in [-0.2, 0) is 0 Å². The molecule has 1 aromatic heterocycles. The normalized spacial score (nSPS) is 12.5. The van der Waals surface area contributed by atoms with E-state index in [9.17, 15) is 4.79 Å². The summed E-state index contributed by atoms with van der Waals surface area (Å²) < 4.78 is 21.5. The molecule has 0 spiro atoms. The molecule has 0 amide bonds. The van der Waals surface area contributed by atoms with E-state index in [1.54, 1.807) is 21.3 Å². The van der Waals surface area contributed by atoms with Gasteiger partial charge >= 0.3 is 5.63 Å². The van der Waals surface area contributed by atoms with E-state index in [-0.39, 0.29) is 5.63 Å². The molecule has 1 aromatic carbocycles. The van der Waals surface area contributed by atoms with Crippen LogP contribution in [0.2, 0.25) is 0 Å². The Morgan fingerprint density at radius 2 is 1.60 bits per heavy atom. The summed E-state index contributed by atoms with van der Waals surface area (Å²) in [6.07, 6.45) is 5.81. The predicted molar refractivity (Wildman–Crippen MR) is 96.6 cm³/mol. The van der Waals surface area contributed by atoms with Gasteiger partial charge in [-0.05, 0) is 18.9 Å². The Morgan fingerprint density at radius 1 is 0.960 bits per heavy atom. The van der Waals surface area contributed by atoms with Gasteiger partial charge < -0.3 is 23.5 Å². The van der Waals surface area contributed by atoms with Crippen LogP contribution in [-0.4, -0.2) is 28.4 Å². The maximum atomic E-state index is 11.9. The molecule has 0 saturated carbocycles. The molecule has 1 aliphatic carbocycles. The Morgan fingerprint density at radius 3 is 2.20 bits per heavy atom. The highest BCUT2D eigenvalue weighted by atomic mass is 16.5. The lowest BCUT2D eigenvalue weighted by Gasteiger charge is -2.23. The SMILES string of the molecule is COc1cc(N(C)c2cc(=O)oc3c2=CCCC=3)cc(OC)c1OC. The molecule has 0 unspecified atom stereocenters. The Bertz CT molecular complexity index is 936. The second-order valence-electron chi connectivity index (χ2n) is 5.66. The summed E-state index contributed by atoms with van der Waals surface area (Å²) in [5.74, 6) is 1.63. The van der Waals surface area contributed by atoms with Gasteiger partial charge in [0, 0.05) is 36.2 Å². The molecule has 0 aliphatic heterocycles. The number of nitrogens with zero attached hydrogens (tertiary/aromatic N) is 1. The highest BCUT2D eigenvalue weighted by Gasteiger charge is 2.17. The summed E-state index contributed by atoms with van der Waals surface area (Å²) in [6, 6.07) is 5.18. The second-order valence-corrected chi connectivity index (χ2v) is 5.66. The van der Waals surface area contributed by atoms with Crippen molar-refractivity contribution in [1.82, 2.24) is 0 Å². The smallest absolute Gasteiger partial charge is 0.338 e. The van der Waals surface area contributed by atoms with Crippen LogP contribution in [0.15, 0.2) is 27.4 Å². The molecule has 0 fully saturated rings. The minimum atomic E-state index is -0.375. The lowest BCUT2D eigenvalue weighted by atomic mass is 10.1. The average Bonchev–Trinajstić information content (AvgIpc) is 2.65. The van der Waals surface area contributed by atoms with Gasteiger partial charge in [-0.15, -0.1) is 0 Å². The van der Waals surface area contributed by atoms with E-state index in [0.717, 1.165) is 29.4 Å². The summed E-state index contributed by atoms with van der Waals surface area (Å²) in [6.45, 7) is 0. The molecule has 1 aliphatic rings. The summed E-state index contributed by atoms with van der Waals surface area (Å²) >= 11 is 0. The number of rotatable bonds is 5. The zero-order valence-electron chi connectivity index (χ0n) is 14.8. The van der Waals surface area contributed by atoms with Crippen LogP contribution in [0.3, 0.4) is 0 Å². The van der Waals surface area contributed by atoms with Gasteiger partial charge in [-0.1, -0.05) is 6.08 Å². The van der Waals surface area contributed by atoms with Crippen LogP contribution in [0.1, 0.15) is 12.8 Å². The molecule has 0 saturated heterocycles. The van der Waals surface area contributed by atoms with Crippen LogP contribution in [0.5, 0.6) is 17.2 Å². The van der Waals surface area contributed by atoms with Crippen LogP contribution < -0.4 is 35.4 Å². The van der Waals surface area contributed by atoms with E-state index >= 15 is 0 Å². The minimum Gasteiger partial charge on any atom is -0.493 e. The molecular weight excluding hydrogens is 322 g/mol. The minimum absolute atomic E-state index is 0.375. The largest absolute Gasteiger partial charge is 0.493 e. The van der Waals surface area contributed by atoms with Crippen LogP contribution >= 0.6 is 0 Å². The van der Waals surface area contributed by atoms with Crippen molar-refractivity contribution in [3.8, 4) is 17.2 Å². The standard InChI is InChI=1S/C19H21NO5/c1-20(12-9-16(22-2)19(24-4)17(10-12)23-3)14-11-18(21)25-15-8-6-5-7-13(14)15/h7-11H,5-6H2,1-4H3. The van der Waals surface area contributed by atoms with Crippen molar-refractivity contribution in [1.29, 1.82) is 0 Å². The Kier molecular flexibility index (Phi) is 4.70. The summed E-state index contributed by atoms with van der Waals surface area (Å²) in [4.78, 5) is 13.9. The van der Waals surface area contributed by atoms with E-state index in [0.29, 0.717) is 22.7 Å². The fraction of sp³-hybridized carbons (Fsp3) is 0.316. The monoisotopic (exact) mass is 343 g/mol. The quantitative estimate of drug-likeness (QED) is 0.825. The summed E-state index contributed by atoms with van der Waals surface area (Å²) in [7, 11) is 6.59. The molecule has 3 rings (SSSR count). The van der Waals surface area contributed by atoms with Crippen molar-refractivity contribution in [2.24, 2.45) is 0 Å². The first-order chi connectivity index (χ1) is 12.1. The van der Waals surface area contributed by atoms with Crippen molar-refractivity contribution >= 4 is 23.5 Å². The zero-order chi connectivity index (χ0) is 18.0. The van der Waals surface area contributed by atoms with Gasteiger partial charge in [-0.3, -0.25) is 0 Å². The number of anilines is 2. The maximum absolute atomic E-state index is 11.9. The molecule has 6 heteroatoms. The third-order valence-corrected chi connectivity index (χ3v) is 4.25. The Hall–Kier alpha value is -2.89. The van der Waals surface area contributed by atoms with E-state index in [1.165, 1.54) is 6.07 Å². The number of methoxy groups -OCH3 is 3. The highest BCUT2D eigenvalue weighted by Crippen LogP contribution is 2.41. The van der Waals surface area contributed by atoms with Crippen LogP contribution in [0.4, 0.5) is 11.4 Å². The molecule has 0 atom stereocenters. The summed E-state index contributed by atoms with van der Waals surface area (Å²) in [5.41, 5.74) is 1.82. The van der Waals surface area contributed by atoms with Crippen molar-refractivity contribution in [2.45, 2.75) is 12.8 Å². The van der Waals surface area contributed by atoms with Gasteiger partial charge in [0.05, 0.1) is 27.0 Å².